The number of aryl methyl sites for hydroxylation is 1. The lowest BCUT2D eigenvalue weighted by Crippen LogP contribution is -2.07. The van der Waals surface area contributed by atoms with Gasteiger partial charge < -0.3 is 5.32 Å². The van der Waals surface area contributed by atoms with E-state index in [1.54, 1.807) is 6.20 Å². The van der Waals surface area contributed by atoms with Gasteiger partial charge in [0.1, 0.15) is 0 Å². The molecule has 1 aromatic carbocycles. The number of hydrogen-bond acceptors (Lipinski definition) is 2. The molecule has 88 valence electrons. The monoisotopic (exact) mass is 290 g/mol. The molecule has 0 fully saturated rings. The molecule has 1 heterocycles. The fraction of sp³-hybridized carbons (Fsp3) is 0.214. The van der Waals surface area contributed by atoms with Crippen molar-refractivity contribution < 1.29 is 0 Å². The Balaban J connectivity index is 2.18. The largest absolute Gasteiger partial charge is 0.378 e. The fourth-order valence-corrected chi connectivity index (χ4v) is 2.06. The fourth-order valence-electron chi connectivity index (χ4n) is 1.70. The van der Waals surface area contributed by atoms with Gasteiger partial charge in [0.25, 0.3) is 0 Å². The van der Waals surface area contributed by atoms with Gasteiger partial charge in [-0.05, 0) is 43.2 Å². The van der Waals surface area contributed by atoms with E-state index >= 15 is 0 Å². The van der Waals surface area contributed by atoms with Crippen LogP contribution in [0, 0.1) is 6.92 Å². The Bertz CT molecular complexity index is 497. The van der Waals surface area contributed by atoms with Gasteiger partial charge in [0.2, 0.25) is 0 Å². The second-order valence-electron chi connectivity index (χ2n) is 4.11. The predicted molar refractivity (Wildman–Crippen MR) is 75.2 cm³/mol. The third-order valence-corrected chi connectivity index (χ3v) is 3.25. The van der Waals surface area contributed by atoms with Crippen LogP contribution in [0.3, 0.4) is 0 Å². The molecule has 17 heavy (non-hydrogen) atoms. The van der Waals surface area contributed by atoms with E-state index in [9.17, 15) is 0 Å². The van der Waals surface area contributed by atoms with E-state index in [1.807, 2.05) is 12.3 Å². The molecule has 0 saturated carbocycles. The predicted octanol–water partition coefficient (Wildman–Crippen LogP) is 4.33. The van der Waals surface area contributed by atoms with E-state index < -0.39 is 0 Å². The molecule has 0 bridgehead atoms. The minimum absolute atomic E-state index is 0.247. The Morgan fingerprint density at radius 1 is 1.29 bits per heavy atom. The molecule has 2 aromatic rings. The highest BCUT2D eigenvalue weighted by molar-refractivity contribution is 9.10. The van der Waals surface area contributed by atoms with Crippen LogP contribution in [0.4, 0.5) is 5.69 Å². The molecular weight excluding hydrogens is 276 g/mol. The molecule has 1 N–H and O–H groups in total. The molecule has 0 radical (unpaired) electrons. The zero-order valence-corrected chi connectivity index (χ0v) is 11.5. The van der Waals surface area contributed by atoms with Crippen LogP contribution in [0.2, 0.25) is 0 Å². The molecule has 1 atom stereocenters. The number of aromatic nitrogens is 1. The van der Waals surface area contributed by atoms with Gasteiger partial charge in [0.15, 0.2) is 0 Å². The lowest BCUT2D eigenvalue weighted by atomic mass is 10.1. The first kappa shape index (κ1) is 12.1. The number of benzene rings is 1. The summed E-state index contributed by atoms with van der Waals surface area (Å²) in [6, 6.07) is 10.5. The average Bonchev–Trinajstić information content (AvgIpc) is 2.35. The van der Waals surface area contributed by atoms with Crippen molar-refractivity contribution in [2.24, 2.45) is 0 Å². The summed E-state index contributed by atoms with van der Waals surface area (Å²) in [7, 11) is 0. The zero-order chi connectivity index (χ0) is 12.3. The van der Waals surface area contributed by atoms with Gasteiger partial charge in [-0.1, -0.05) is 28.1 Å². The summed E-state index contributed by atoms with van der Waals surface area (Å²) in [4.78, 5) is 4.14. The second-order valence-corrected chi connectivity index (χ2v) is 5.03. The lowest BCUT2D eigenvalue weighted by molar-refractivity contribution is 0.873. The molecule has 1 aromatic heterocycles. The molecule has 0 saturated heterocycles. The Morgan fingerprint density at radius 2 is 2.12 bits per heavy atom. The minimum atomic E-state index is 0.247. The van der Waals surface area contributed by atoms with E-state index in [4.69, 9.17) is 0 Å². The molecule has 0 amide bonds. The summed E-state index contributed by atoms with van der Waals surface area (Å²) in [5.41, 5.74) is 3.58. The normalized spacial score (nSPS) is 12.2. The first-order valence-corrected chi connectivity index (χ1v) is 6.39. The highest BCUT2D eigenvalue weighted by atomic mass is 79.9. The Hall–Kier alpha value is -1.35. The summed E-state index contributed by atoms with van der Waals surface area (Å²) < 4.78 is 1.09. The quantitative estimate of drug-likeness (QED) is 0.910. The van der Waals surface area contributed by atoms with E-state index in [-0.39, 0.29) is 6.04 Å². The summed E-state index contributed by atoms with van der Waals surface area (Å²) >= 11 is 3.49. The van der Waals surface area contributed by atoms with E-state index in [2.05, 4.69) is 64.3 Å². The number of rotatable bonds is 3. The van der Waals surface area contributed by atoms with Crippen LogP contribution in [0.25, 0.3) is 0 Å². The molecule has 0 aliphatic carbocycles. The molecule has 2 rings (SSSR count). The van der Waals surface area contributed by atoms with E-state index in [0.717, 1.165) is 10.2 Å². The number of halogens is 1. The van der Waals surface area contributed by atoms with Crippen LogP contribution in [0.15, 0.2) is 47.2 Å². The highest BCUT2D eigenvalue weighted by Crippen LogP contribution is 2.24. The van der Waals surface area contributed by atoms with Gasteiger partial charge in [-0.15, -0.1) is 0 Å². The molecule has 0 aliphatic rings. The molecule has 2 nitrogen and oxygen atoms in total. The molecule has 0 spiro atoms. The van der Waals surface area contributed by atoms with Crippen molar-refractivity contribution in [1.82, 2.24) is 4.98 Å². The summed E-state index contributed by atoms with van der Waals surface area (Å²) in [5.74, 6) is 0. The number of nitrogens with zero attached hydrogens (tertiary/aromatic N) is 1. The first-order chi connectivity index (χ1) is 8.16. The lowest BCUT2D eigenvalue weighted by Gasteiger charge is -2.17. The van der Waals surface area contributed by atoms with Crippen molar-refractivity contribution in [1.29, 1.82) is 0 Å². The minimum Gasteiger partial charge on any atom is -0.378 e. The molecule has 1 unspecified atom stereocenters. The van der Waals surface area contributed by atoms with Crippen molar-refractivity contribution in [3.63, 3.8) is 0 Å². The van der Waals surface area contributed by atoms with Crippen molar-refractivity contribution >= 4 is 21.6 Å². The summed E-state index contributed by atoms with van der Waals surface area (Å²) in [6.07, 6.45) is 3.69. The van der Waals surface area contributed by atoms with Crippen molar-refractivity contribution in [2.45, 2.75) is 19.9 Å². The number of hydrogen-bond donors (Lipinski definition) is 1. The average molecular weight is 291 g/mol. The van der Waals surface area contributed by atoms with Crippen LogP contribution in [-0.4, -0.2) is 4.98 Å². The van der Waals surface area contributed by atoms with Crippen LogP contribution >= 0.6 is 15.9 Å². The van der Waals surface area contributed by atoms with Gasteiger partial charge in [0.05, 0.1) is 6.04 Å². The number of pyridine rings is 1. The maximum Gasteiger partial charge on any atom is 0.0500 e. The van der Waals surface area contributed by atoms with Crippen molar-refractivity contribution in [2.75, 3.05) is 5.32 Å². The number of nitrogens with one attached hydrogen (secondary N) is 1. The van der Waals surface area contributed by atoms with E-state index in [1.165, 1.54) is 11.1 Å². The Labute approximate surface area is 110 Å². The topological polar surface area (TPSA) is 24.9 Å². The van der Waals surface area contributed by atoms with Crippen LogP contribution in [0.5, 0.6) is 0 Å². The summed E-state index contributed by atoms with van der Waals surface area (Å²) in [6.45, 7) is 4.24. The zero-order valence-electron chi connectivity index (χ0n) is 9.94. The Morgan fingerprint density at radius 3 is 2.82 bits per heavy atom. The van der Waals surface area contributed by atoms with Crippen LogP contribution in [0.1, 0.15) is 24.1 Å². The van der Waals surface area contributed by atoms with Crippen LogP contribution < -0.4 is 5.32 Å². The van der Waals surface area contributed by atoms with Gasteiger partial charge >= 0.3 is 0 Å². The molecular formula is C14H15BrN2. The SMILES string of the molecule is Cc1ccc(Br)cc1NC(C)c1cccnc1. The maximum absolute atomic E-state index is 4.14. The Kier molecular flexibility index (Phi) is 3.79. The van der Waals surface area contributed by atoms with Gasteiger partial charge in [-0.3, -0.25) is 4.98 Å². The third-order valence-electron chi connectivity index (χ3n) is 2.76. The first-order valence-electron chi connectivity index (χ1n) is 5.59. The van der Waals surface area contributed by atoms with E-state index in [0.29, 0.717) is 0 Å². The second kappa shape index (κ2) is 5.32. The van der Waals surface area contributed by atoms with Gasteiger partial charge in [0, 0.05) is 22.6 Å². The van der Waals surface area contributed by atoms with Gasteiger partial charge in [-0.2, -0.15) is 0 Å². The highest BCUT2D eigenvalue weighted by Gasteiger charge is 2.06. The third kappa shape index (κ3) is 3.07. The van der Waals surface area contributed by atoms with Crippen molar-refractivity contribution in [3.8, 4) is 0 Å². The van der Waals surface area contributed by atoms with Crippen LogP contribution in [-0.2, 0) is 0 Å². The molecule has 0 aliphatic heterocycles. The standard InChI is InChI=1S/C14H15BrN2/c1-10-5-6-13(15)8-14(10)17-11(2)12-4-3-7-16-9-12/h3-9,11,17H,1-2H3. The molecule has 3 heteroatoms. The maximum atomic E-state index is 4.14. The van der Waals surface area contributed by atoms with Gasteiger partial charge in [-0.25, -0.2) is 0 Å². The number of anilines is 1. The van der Waals surface area contributed by atoms with Crippen molar-refractivity contribution in [3.05, 3.63) is 58.3 Å². The summed E-state index contributed by atoms with van der Waals surface area (Å²) in [5, 5.41) is 3.50. The smallest absolute Gasteiger partial charge is 0.0500 e.